The molecule has 0 saturated carbocycles. The third-order valence-corrected chi connectivity index (χ3v) is 3.14. The maximum absolute atomic E-state index is 5.62. The molecule has 1 rings (SSSR count). The minimum atomic E-state index is 0.292. The van der Waals surface area contributed by atoms with E-state index in [4.69, 9.17) is 9.15 Å². The largest absolute Gasteiger partial charge is 0.467 e. The van der Waals surface area contributed by atoms with Crippen LogP contribution in [0.1, 0.15) is 44.1 Å². The van der Waals surface area contributed by atoms with Crippen LogP contribution in [0.3, 0.4) is 0 Å². The van der Waals surface area contributed by atoms with Crippen molar-refractivity contribution in [1.29, 1.82) is 0 Å². The van der Waals surface area contributed by atoms with Gasteiger partial charge >= 0.3 is 0 Å². The lowest BCUT2D eigenvalue weighted by Crippen LogP contribution is -2.28. The molecule has 0 radical (unpaired) electrons. The third-order valence-electron chi connectivity index (χ3n) is 3.14. The summed E-state index contributed by atoms with van der Waals surface area (Å²) in [5.74, 6) is 1.58. The molecule has 17 heavy (non-hydrogen) atoms. The number of rotatable bonds is 8. The fraction of sp³-hybridized carbons (Fsp3) is 0.714. The van der Waals surface area contributed by atoms with Crippen molar-refractivity contribution in [2.75, 3.05) is 20.3 Å². The van der Waals surface area contributed by atoms with E-state index >= 15 is 0 Å². The minimum absolute atomic E-state index is 0.292. The fourth-order valence-corrected chi connectivity index (χ4v) is 2.03. The minimum Gasteiger partial charge on any atom is -0.467 e. The molecule has 1 aromatic rings. The van der Waals surface area contributed by atoms with E-state index < -0.39 is 0 Å². The van der Waals surface area contributed by atoms with Crippen LogP contribution in [0.25, 0.3) is 0 Å². The summed E-state index contributed by atoms with van der Waals surface area (Å²) in [6, 6.07) is 2.32. The first kappa shape index (κ1) is 14.3. The van der Waals surface area contributed by atoms with Crippen molar-refractivity contribution in [2.45, 2.75) is 39.7 Å². The molecule has 0 aliphatic heterocycles. The van der Waals surface area contributed by atoms with Crippen molar-refractivity contribution in [3.05, 3.63) is 23.7 Å². The smallest absolute Gasteiger partial charge is 0.123 e. The molecule has 3 nitrogen and oxygen atoms in total. The summed E-state index contributed by atoms with van der Waals surface area (Å²) in [4.78, 5) is 0. The van der Waals surface area contributed by atoms with Gasteiger partial charge in [-0.05, 0) is 43.9 Å². The summed E-state index contributed by atoms with van der Waals surface area (Å²) in [5.41, 5.74) is 1.22. The van der Waals surface area contributed by atoms with Crippen LogP contribution in [-0.4, -0.2) is 20.3 Å². The summed E-state index contributed by atoms with van der Waals surface area (Å²) >= 11 is 0. The van der Waals surface area contributed by atoms with Crippen molar-refractivity contribution < 1.29 is 9.15 Å². The number of hydrogen-bond donors (Lipinski definition) is 1. The zero-order chi connectivity index (χ0) is 12.7. The SMILES string of the molecule is CCCNC(c1occc1C)C(C)CCOC. The molecular weight excluding hydrogens is 214 g/mol. The molecule has 0 amide bonds. The predicted molar refractivity (Wildman–Crippen MR) is 70.1 cm³/mol. The van der Waals surface area contributed by atoms with E-state index in [0.717, 1.165) is 31.8 Å². The molecule has 1 heterocycles. The standard InChI is InChI=1S/C14H25NO2/c1-5-8-15-13(11(2)6-9-16-4)14-12(3)7-10-17-14/h7,10-11,13,15H,5-6,8-9H2,1-4H3. The van der Waals surface area contributed by atoms with E-state index in [-0.39, 0.29) is 0 Å². The van der Waals surface area contributed by atoms with Gasteiger partial charge in [-0.1, -0.05) is 13.8 Å². The Morgan fingerprint density at radius 2 is 2.24 bits per heavy atom. The lowest BCUT2D eigenvalue weighted by molar-refractivity contribution is 0.166. The lowest BCUT2D eigenvalue weighted by Gasteiger charge is -2.24. The second-order valence-corrected chi connectivity index (χ2v) is 4.66. The molecule has 3 heteroatoms. The Bertz CT molecular complexity index is 309. The van der Waals surface area contributed by atoms with Gasteiger partial charge in [0.25, 0.3) is 0 Å². The Labute approximate surface area is 105 Å². The van der Waals surface area contributed by atoms with E-state index in [2.05, 4.69) is 26.1 Å². The summed E-state index contributed by atoms with van der Waals surface area (Å²) < 4.78 is 10.8. The normalized spacial score (nSPS) is 14.8. The van der Waals surface area contributed by atoms with Gasteiger partial charge in [0.1, 0.15) is 5.76 Å². The first-order valence-corrected chi connectivity index (χ1v) is 6.47. The van der Waals surface area contributed by atoms with E-state index in [1.54, 1.807) is 13.4 Å². The molecule has 0 aliphatic carbocycles. The second-order valence-electron chi connectivity index (χ2n) is 4.66. The summed E-state index contributed by atoms with van der Waals surface area (Å²) in [5, 5.41) is 3.57. The van der Waals surface area contributed by atoms with Crippen LogP contribution in [-0.2, 0) is 4.74 Å². The van der Waals surface area contributed by atoms with Gasteiger partial charge in [-0.3, -0.25) is 0 Å². The van der Waals surface area contributed by atoms with Crippen molar-refractivity contribution in [1.82, 2.24) is 5.32 Å². The first-order valence-electron chi connectivity index (χ1n) is 6.47. The third kappa shape index (κ3) is 4.17. The van der Waals surface area contributed by atoms with Gasteiger partial charge in [-0.15, -0.1) is 0 Å². The Kier molecular flexibility index (Phi) is 6.30. The Morgan fingerprint density at radius 1 is 1.47 bits per heavy atom. The zero-order valence-electron chi connectivity index (χ0n) is 11.5. The molecule has 1 N–H and O–H groups in total. The Morgan fingerprint density at radius 3 is 2.76 bits per heavy atom. The zero-order valence-corrected chi connectivity index (χ0v) is 11.5. The molecule has 1 aromatic heterocycles. The molecule has 0 saturated heterocycles. The summed E-state index contributed by atoms with van der Waals surface area (Å²) in [7, 11) is 1.75. The predicted octanol–water partition coefficient (Wildman–Crippen LogP) is 3.30. The van der Waals surface area contributed by atoms with Crippen LogP contribution in [0.4, 0.5) is 0 Å². The summed E-state index contributed by atoms with van der Waals surface area (Å²) in [6.45, 7) is 8.34. The van der Waals surface area contributed by atoms with Crippen LogP contribution in [0.2, 0.25) is 0 Å². The molecular formula is C14H25NO2. The quantitative estimate of drug-likeness (QED) is 0.756. The van der Waals surface area contributed by atoms with Crippen molar-refractivity contribution >= 4 is 0 Å². The maximum atomic E-state index is 5.62. The fourth-order valence-electron chi connectivity index (χ4n) is 2.03. The molecule has 0 fully saturated rings. The van der Waals surface area contributed by atoms with Gasteiger partial charge in [-0.25, -0.2) is 0 Å². The number of methoxy groups -OCH3 is 1. The molecule has 2 atom stereocenters. The van der Waals surface area contributed by atoms with Gasteiger partial charge in [0.2, 0.25) is 0 Å². The molecule has 98 valence electrons. The van der Waals surface area contributed by atoms with Gasteiger partial charge in [0.05, 0.1) is 12.3 Å². The molecule has 2 unspecified atom stereocenters. The highest BCUT2D eigenvalue weighted by atomic mass is 16.5. The lowest BCUT2D eigenvalue weighted by atomic mass is 9.94. The van der Waals surface area contributed by atoms with Crippen LogP contribution in [0.5, 0.6) is 0 Å². The number of ether oxygens (including phenoxy) is 1. The average Bonchev–Trinajstić information content (AvgIpc) is 2.73. The van der Waals surface area contributed by atoms with Crippen molar-refractivity contribution in [3.63, 3.8) is 0 Å². The number of hydrogen-bond acceptors (Lipinski definition) is 3. The number of furan rings is 1. The van der Waals surface area contributed by atoms with E-state index in [1.807, 2.05) is 6.07 Å². The Hall–Kier alpha value is -0.800. The van der Waals surface area contributed by atoms with E-state index in [1.165, 1.54) is 5.56 Å². The van der Waals surface area contributed by atoms with Crippen molar-refractivity contribution in [3.8, 4) is 0 Å². The molecule has 0 bridgehead atoms. The maximum Gasteiger partial charge on any atom is 0.123 e. The summed E-state index contributed by atoms with van der Waals surface area (Å²) in [6.07, 6.45) is 3.94. The highest BCUT2D eigenvalue weighted by Gasteiger charge is 2.22. The van der Waals surface area contributed by atoms with Gasteiger partial charge in [-0.2, -0.15) is 0 Å². The molecule has 0 aliphatic rings. The number of nitrogens with one attached hydrogen (secondary N) is 1. The second kappa shape index (κ2) is 7.51. The van der Waals surface area contributed by atoms with Crippen LogP contribution in [0.15, 0.2) is 16.7 Å². The van der Waals surface area contributed by atoms with Crippen LogP contribution in [0, 0.1) is 12.8 Å². The first-order chi connectivity index (χ1) is 8.20. The van der Waals surface area contributed by atoms with Gasteiger partial charge < -0.3 is 14.5 Å². The highest BCUT2D eigenvalue weighted by molar-refractivity contribution is 5.18. The molecule has 0 aromatic carbocycles. The highest BCUT2D eigenvalue weighted by Crippen LogP contribution is 2.27. The van der Waals surface area contributed by atoms with E-state index in [9.17, 15) is 0 Å². The number of aryl methyl sites for hydroxylation is 1. The monoisotopic (exact) mass is 239 g/mol. The van der Waals surface area contributed by atoms with Crippen LogP contribution < -0.4 is 5.32 Å². The van der Waals surface area contributed by atoms with Crippen molar-refractivity contribution in [2.24, 2.45) is 5.92 Å². The average molecular weight is 239 g/mol. The van der Waals surface area contributed by atoms with Gasteiger partial charge in [0.15, 0.2) is 0 Å². The van der Waals surface area contributed by atoms with E-state index in [0.29, 0.717) is 12.0 Å². The topological polar surface area (TPSA) is 34.4 Å². The van der Waals surface area contributed by atoms with Crippen LogP contribution >= 0.6 is 0 Å². The molecule has 0 spiro atoms. The Balaban J connectivity index is 2.69. The van der Waals surface area contributed by atoms with Gasteiger partial charge in [0, 0.05) is 13.7 Å².